The molecule has 1 amide bonds. The zero-order valence-electron chi connectivity index (χ0n) is 16.7. The van der Waals surface area contributed by atoms with Crippen LogP contribution in [-0.4, -0.2) is 62.0 Å². The predicted octanol–water partition coefficient (Wildman–Crippen LogP) is 1.69. The number of carbonyl (C=O) groups is 1. The summed E-state index contributed by atoms with van der Waals surface area (Å²) in [6, 6.07) is 9.36. The molecule has 5 atom stereocenters. The first-order valence-electron chi connectivity index (χ1n) is 10.2. The largest absolute Gasteiger partial charge is 0.443 e. The smallest absolute Gasteiger partial charge is 0.407 e. The Bertz CT molecular complexity index is 612. The molecule has 2 aliphatic heterocycles. The highest BCUT2D eigenvalue weighted by atomic mass is 16.7. The minimum Gasteiger partial charge on any atom is -0.443 e. The van der Waals surface area contributed by atoms with E-state index in [9.17, 15) is 9.90 Å². The highest BCUT2D eigenvalue weighted by Crippen LogP contribution is 2.32. The van der Waals surface area contributed by atoms with E-state index < -0.39 is 18.2 Å². The molecule has 0 spiro atoms. The number of carbonyl (C=O) groups excluding carboxylic acids is 1. The average molecular weight is 392 g/mol. The molecule has 2 aliphatic rings. The summed E-state index contributed by atoms with van der Waals surface area (Å²) in [7, 11) is 0. The number of fused-ring (bicyclic) bond motifs is 1. The van der Waals surface area contributed by atoms with Crippen molar-refractivity contribution in [3.05, 3.63) is 35.9 Å². The summed E-state index contributed by atoms with van der Waals surface area (Å²) in [6.45, 7) is 6.42. The maximum Gasteiger partial charge on any atom is 0.407 e. The Morgan fingerprint density at radius 2 is 2.04 bits per heavy atom. The number of hydrogen-bond acceptors (Lipinski definition) is 6. The van der Waals surface area contributed by atoms with Gasteiger partial charge in [0, 0.05) is 6.54 Å². The molecular formula is C21H32N2O5. The second kappa shape index (κ2) is 10.2. The van der Waals surface area contributed by atoms with Gasteiger partial charge in [-0.3, -0.25) is 0 Å². The van der Waals surface area contributed by atoms with E-state index in [2.05, 4.69) is 24.5 Å². The molecule has 156 valence electrons. The van der Waals surface area contributed by atoms with E-state index in [0.717, 1.165) is 18.5 Å². The fraction of sp³-hybridized carbons (Fsp3) is 0.667. The summed E-state index contributed by atoms with van der Waals surface area (Å²) in [5.74, 6) is 0.581. The summed E-state index contributed by atoms with van der Waals surface area (Å²) >= 11 is 0. The maximum absolute atomic E-state index is 12.5. The molecule has 7 heteroatoms. The fourth-order valence-electron chi connectivity index (χ4n) is 3.68. The second-order valence-corrected chi connectivity index (χ2v) is 8.03. The van der Waals surface area contributed by atoms with E-state index in [-0.39, 0.29) is 18.3 Å². The topological polar surface area (TPSA) is 89.1 Å². The number of aliphatic hydroxyl groups excluding tert-OH is 1. The van der Waals surface area contributed by atoms with Crippen LogP contribution in [0.3, 0.4) is 0 Å². The standard InChI is InChI=1S/C21H32N2O5/c1-14(2)11-22-12-18(24)17(10-15-6-4-3-5-7-15)23-21(25)28-19-13-27-20-16(19)8-9-26-20/h3-7,14,16-20,22,24H,8-13H2,1-2H3,(H,23,25)/t16-,17-,18+,19-,20+/m0/s1. The van der Waals surface area contributed by atoms with Crippen molar-refractivity contribution in [2.24, 2.45) is 11.8 Å². The lowest BCUT2D eigenvalue weighted by atomic mass is 10.0. The third-order valence-corrected chi connectivity index (χ3v) is 5.22. The zero-order valence-corrected chi connectivity index (χ0v) is 16.7. The molecule has 2 heterocycles. The van der Waals surface area contributed by atoms with Gasteiger partial charge in [-0.05, 0) is 30.9 Å². The van der Waals surface area contributed by atoms with Crippen molar-refractivity contribution in [1.29, 1.82) is 0 Å². The van der Waals surface area contributed by atoms with Crippen LogP contribution in [0, 0.1) is 11.8 Å². The third-order valence-electron chi connectivity index (χ3n) is 5.22. The number of ether oxygens (including phenoxy) is 3. The molecule has 3 N–H and O–H groups in total. The highest BCUT2D eigenvalue weighted by molar-refractivity contribution is 5.68. The lowest BCUT2D eigenvalue weighted by Gasteiger charge is -2.26. The van der Waals surface area contributed by atoms with E-state index in [1.54, 1.807) is 0 Å². The fourth-order valence-corrected chi connectivity index (χ4v) is 3.68. The molecule has 28 heavy (non-hydrogen) atoms. The molecular weight excluding hydrogens is 360 g/mol. The Morgan fingerprint density at radius 1 is 1.25 bits per heavy atom. The summed E-state index contributed by atoms with van der Waals surface area (Å²) in [5, 5.41) is 16.8. The Balaban J connectivity index is 1.56. The molecule has 0 saturated carbocycles. The average Bonchev–Trinajstić information content (AvgIpc) is 3.27. The summed E-state index contributed by atoms with van der Waals surface area (Å²) in [6.07, 6.45) is -0.460. The van der Waals surface area contributed by atoms with Gasteiger partial charge >= 0.3 is 6.09 Å². The van der Waals surface area contributed by atoms with Gasteiger partial charge < -0.3 is 30.0 Å². The molecule has 0 aliphatic carbocycles. The van der Waals surface area contributed by atoms with Crippen LogP contribution in [0.15, 0.2) is 30.3 Å². The number of benzene rings is 1. The molecule has 0 bridgehead atoms. The monoisotopic (exact) mass is 392 g/mol. The van der Waals surface area contributed by atoms with Gasteiger partial charge in [-0.25, -0.2) is 4.79 Å². The van der Waals surface area contributed by atoms with Crippen molar-refractivity contribution in [1.82, 2.24) is 10.6 Å². The van der Waals surface area contributed by atoms with Crippen molar-refractivity contribution in [3.63, 3.8) is 0 Å². The van der Waals surface area contributed by atoms with Crippen LogP contribution in [0.25, 0.3) is 0 Å². The number of rotatable bonds is 9. The summed E-state index contributed by atoms with van der Waals surface area (Å²) < 4.78 is 16.6. The molecule has 1 aromatic rings. The maximum atomic E-state index is 12.5. The quantitative estimate of drug-likeness (QED) is 0.593. The van der Waals surface area contributed by atoms with Crippen LogP contribution < -0.4 is 10.6 Å². The SMILES string of the molecule is CC(C)CNC[C@@H](O)[C@H](Cc1ccccc1)NC(=O)O[C@H]1CO[C@H]2OCC[C@H]21. The van der Waals surface area contributed by atoms with Gasteiger partial charge in [0.2, 0.25) is 0 Å². The van der Waals surface area contributed by atoms with Gasteiger partial charge in [-0.1, -0.05) is 44.2 Å². The van der Waals surface area contributed by atoms with Gasteiger partial charge in [0.25, 0.3) is 0 Å². The van der Waals surface area contributed by atoms with Crippen LogP contribution in [0.5, 0.6) is 0 Å². The second-order valence-electron chi connectivity index (χ2n) is 8.03. The molecule has 2 saturated heterocycles. The zero-order chi connectivity index (χ0) is 19.9. The van der Waals surface area contributed by atoms with Crippen molar-refractivity contribution >= 4 is 6.09 Å². The van der Waals surface area contributed by atoms with Crippen molar-refractivity contribution in [3.8, 4) is 0 Å². The first-order chi connectivity index (χ1) is 13.5. The van der Waals surface area contributed by atoms with E-state index in [4.69, 9.17) is 14.2 Å². The number of amides is 1. The van der Waals surface area contributed by atoms with Crippen molar-refractivity contribution in [2.45, 2.75) is 51.2 Å². The number of aliphatic hydroxyl groups is 1. The van der Waals surface area contributed by atoms with Gasteiger partial charge in [-0.2, -0.15) is 0 Å². The Hall–Kier alpha value is -1.67. The van der Waals surface area contributed by atoms with Gasteiger partial charge in [0.15, 0.2) is 6.29 Å². The van der Waals surface area contributed by atoms with E-state index in [1.807, 2.05) is 30.3 Å². The minimum atomic E-state index is -0.728. The number of alkyl carbamates (subject to hydrolysis) is 1. The predicted molar refractivity (Wildman–Crippen MR) is 105 cm³/mol. The lowest BCUT2D eigenvalue weighted by molar-refractivity contribution is -0.0907. The summed E-state index contributed by atoms with van der Waals surface area (Å²) in [5.41, 5.74) is 1.05. The molecule has 0 radical (unpaired) electrons. The Labute approximate surface area is 166 Å². The Morgan fingerprint density at radius 3 is 2.79 bits per heavy atom. The van der Waals surface area contributed by atoms with Gasteiger partial charge in [-0.15, -0.1) is 0 Å². The number of hydrogen-bond donors (Lipinski definition) is 3. The van der Waals surface area contributed by atoms with Crippen LogP contribution in [0.1, 0.15) is 25.8 Å². The molecule has 7 nitrogen and oxygen atoms in total. The van der Waals surface area contributed by atoms with E-state index >= 15 is 0 Å². The van der Waals surface area contributed by atoms with Crippen LogP contribution >= 0.6 is 0 Å². The molecule has 3 rings (SSSR count). The first kappa shape index (κ1) is 21.0. The van der Waals surface area contributed by atoms with Gasteiger partial charge in [0.1, 0.15) is 6.10 Å². The number of nitrogens with one attached hydrogen (secondary N) is 2. The third kappa shape index (κ3) is 5.91. The van der Waals surface area contributed by atoms with Crippen LogP contribution in [0.2, 0.25) is 0 Å². The molecule has 0 unspecified atom stereocenters. The van der Waals surface area contributed by atoms with Gasteiger partial charge in [0.05, 0.1) is 31.3 Å². The Kier molecular flexibility index (Phi) is 7.67. The van der Waals surface area contributed by atoms with Crippen molar-refractivity contribution < 1.29 is 24.1 Å². The lowest BCUT2D eigenvalue weighted by Crippen LogP contribution is -2.50. The molecule has 0 aromatic heterocycles. The van der Waals surface area contributed by atoms with E-state index in [0.29, 0.717) is 32.1 Å². The molecule has 2 fully saturated rings. The van der Waals surface area contributed by atoms with E-state index in [1.165, 1.54) is 0 Å². The molecule has 1 aromatic carbocycles. The van der Waals surface area contributed by atoms with Crippen LogP contribution in [-0.2, 0) is 20.6 Å². The first-order valence-corrected chi connectivity index (χ1v) is 10.2. The highest BCUT2D eigenvalue weighted by Gasteiger charge is 2.44. The summed E-state index contributed by atoms with van der Waals surface area (Å²) in [4.78, 5) is 12.5. The minimum absolute atomic E-state index is 0.0935. The van der Waals surface area contributed by atoms with Crippen molar-refractivity contribution in [2.75, 3.05) is 26.3 Å². The van der Waals surface area contributed by atoms with Crippen LogP contribution in [0.4, 0.5) is 4.79 Å². The normalized spacial score (nSPS) is 26.1.